The fraction of sp³-hybridized carbons (Fsp3) is 0.636. The Morgan fingerprint density at radius 2 is 2.12 bits per heavy atom. The summed E-state index contributed by atoms with van der Waals surface area (Å²) < 4.78 is 12.0. The summed E-state index contributed by atoms with van der Waals surface area (Å²) in [5.41, 5.74) is 3.15. The van der Waals surface area contributed by atoms with Gasteiger partial charge in [-0.2, -0.15) is 0 Å². The van der Waals surface area contributed by atoms with Crippen LogP contribution in [0.1, 0.15) is 57.3 Å². The number of rotatable bonds is 2. The third kappa shape index (κ3) is 1.96. The lowest BCUT2D eigenvalue weighted by Gasteiger charge is -2.64. The van der Waals surface area contributed by atoms with Gasteiger partial charge in [0.15, 0.2) is 0 Å². The van der Waals surface area contributed by atoms with Crippen molar-refractivity contribution < 1.29 is 9.15 Å². The van der Waals surface area contributed by atoms with Crippen LogP contribution < -0.4 is 4.74 Å². The molecule has 1 aromatic carbocycles. The maximum absolute atomic E-state index is 6.53. The maximum Gasteiger partial charge on any atom is 0.134 e. The second kappa shape index (κ2) is 5.03. The van der Waals surface area contributed by atoms with Crippen molar-refractivity contribution in [2.45, 2.75) is 57.9 Å². The molecule has 1 aromatic heterocycles. The van der Waals surface area contributed by atoms with Crippen LogP contribution in [0.25, 0.3) is 11.0 Å². The first-order chi connectivity index (χ1) is 12.0. The molecule has 4 bridgehead atoms. The average Bonchev–Trinajstić information content (AvgIpc) is 2.94. The van der Waals surface area contributed by atoms with Gasteiger partial charge in [-0.15, -0.1) is 0 Å². The Labute approximate surface area is 150 Å². The lowest BCUT2D eigenvalue weighted by Crippen LogP contribution is -2.67. The molecule has 6 rings (SSSR count). The molecule has 3 fully saturated rings. The van der Waals surface area contributed by atoms with Crippen molar-refractivity contribution in [2.75, 3.05) is 20.2 Å². The van der Waals surface area contributed by atoms with Gasteiger partial charge in [0.25, 0.3) is 0 Å². The first kappa shape index (κ1) is 15.7. The van der Waals surface area contributed by atoms with Gasteiger partial charge < -0.3 is 9.15 Å². The molecule has 0 N–H and O–H groups in total. The van der Waals surface area contributed by atoms with Crippen LogP contribution in [0.2, 0.25) is 0 Å². The molecule has 5 unspecified atom stereocenters. The summed E-state index contributed by atoms with van der Waals surface area (Å²) in [6, 6.07) is 6.27. The number of methoxy groups -OCH3 is 1. The van der Waals surface area contributed by atoms with E-state index in [1.165, 1.54) is 42.5 Å². The fourth-order valence-corrected chi connectivity index (χ4v) is 6.40. The van der Waals surface area contributed by atoms with Gasteiger partial charge in [-0.3, -0.25) is 4.90 Å². The molecule has 2 saturated heterocycles. The third-order valence-electron chi connectivity index (χ3n) is 7.69. The number of nitrogens with zero attached hydrogens (tertiary/aromatic N) is 1. The van der Waals surface area contributed by atoms with Crippen LogP contribution >= 0.6 is 0 Å². The van der Waals surface area contributed by atoms with E-state index in [-0.39, 0.29) is 5.54 Å². The molecule has 0 radical (unpaired) electrons. The summed E-state index contributed by atoms with van der Waals surface area (Å²) in [5, 5.41) is 1.26. The highest BCUT2D eigenvalue weighted by molar-refractivity contribution is 5.84. The first-order valence-electron chi connectivity index (χ1n) is 9.83. The van der Waals surface area contributed by atoms with Crippen molar-refractivity contribution >= 4 is 11.0 Å². The number of hydrogen-bond acceptors (Lipinski definition) is 3. The van der Waals surface area contributed by atoms with Gasteiger partial charge in [-0.05, 0) is 55.7 Å². The van der Waals surface area contributed by atoms with Gasteiger partial charge in [0.1, 0.15) is 17.1 Å². The zero-order valence-electron chi connectivity index (χ0n) is 15.9. The van der Waals surface area contributed by atoms with Crippen LogP contribution in [0.4, 0.5) is 0 Å². The van der Waals surface area contributed by atoms with E-state index in [1.807, 2.05) is 6.07 Å². The average molecular weight is 339 g/mol. The molecule has 1 saturated carbocycles. The maximum atomic E-state index is 6.53. The number of fused-ring (bicyclic) bond motifs is 4. The second-order valence-electron chi connectivity index (χ2n) is 9.08. The van der Waals surface area contributed by atoms with Crippen molar-refractivity contribution in [3.8, 4) is 5.75 Å². The normalized spacial score (nSPS) is 39.3. The van der Waals surface area contributed by atoms with E-state index in [1.54, 1.807) is 7.11 Å². The topological polar surface area (TPSA) is 25.6 Å². The van der Waals surface area contributed by atoms with E-state index in [0.29, 0.717) is 11.3 Å². The molecule has 3 aliphatic heterocycles. The Kier molecular flexibility index (Phi) is 3.17. The van der Waals surface area contributed by atoms with Gasteiger partial charge in [-0.25, -0.2) is 0 Å². The minimum Gasteiger partial charge on any atom is -0.497 e. The van der Waals surface area contributed by atoms with Crippen molar-refractivity contribution in [3.63, 3.8) is 0 Å². The summed E-state index contributed by atoms with van der Waals surface area (Å²) in [6.45, 7) is 9.80. The molecule has 1 aliphatic carbocycles. The van der Waals surface area contributed by atoms with E-state index in [2.05, 4.69) is 37.8 Å². The van der Waals surface area contributed by atoms with E-state index in [9.17, 15) is 0 Å². The van der Waals surface area contributed by atoms with Crippen LogP contribution in [0, 0.1) is 11.3 Å². The Balaban J connectivity index is 1.72. The zero-order valence-corrected chi connectivity index (χ0v) is 15.9. The summed E-state index contributed by atoms with van der Waals surface area (Å²) in [5.74, 6) is 3.48. The molecule has 25 heavy (non-hydrogen) atoms. The Hall–Kier alpha value is -1.48. The molecule has 4 heterocycles. The highest BCUT2D eigenvalue weighted by Gasteiger charge is 2.61. The van der Waals surface area contributed by atoms with Crippen LogP contribution in [0.5, 0.6) is 5.75 Å². The Morgan fingerprint density at radius 3 is 2.88 bits per heavy atom. The number of hydrogen-bond donors (Lipinski definition) is 0. The fourth-order valence-electron chi connectivity index (χ4n) is 6.40. The lowest BCUT2D eigenvalue weighted by molar-refractivity contribution is -0.127. The second-order valence-corrected chi connectivity index (χ2v) is 9.08. The highest BCUT2D eigenvalue weighted by atomic mass is 16.5. The van der Waals surface area contributed by atoms with Crippen LogP contribution in [-0.2, 0) is 6.42 Å². The largest absolute Gasteiger partial charge is 0.497 e. The lowest BCUT2D eigenvalue weighted by atomic mass is 9.52. The molecule has 2 aromatic rings. The molecule has 0 amide bonds. The predicted octanol–water partition coefficient (Wildman–Crippen LogP) is 4.98. The molecule has 3 heteroatoms. The van der Waals surface area contributed by atoms with Gasteiger partial charge in [-0.1, -0.05) is 20.3 Å². The van der Waals surface area contributed by atoms with Crippen LogP contribution in [0.3, 0.4) is 0 Å². The van der Waals surface area contributed by atoms with Crippen molar-refractivity contribution in [1.29, 1.82) is 0 Å². The molecule has 134 valence electrons. The zero-order chi connectivity index (χ0) is 17.4. The van der Waals surface area contributed by atoms with Crippen molar-refractivity contribution in [2.24, 2.45) is 11.3 Å². The highest BCUT2D eigenvalue weighted by Crippen LogP contribution is 2.62. The smallest absolute Gasteiger partial charge is 0.134 e. The van der Waals surface area contributed by atoms with Gasteiger partial charge in [0, 0.05) is 35.5 Å². The number of ether oxygens (including phenoxy) is 1. The monoisotopic (exact) mass is 339 g/mol. The SMILES string of the molecule is CCC1CC2(C)CC3c4oc5ccc(OC)cc5c4CCN(C2)C13C. The van der Waals surface area contributed by atoms with Gasteiger partial charge in [0.2, 0.25) is 0 Å². The quantitative estimate of drug-likeness (QED) is 0.771. The predicted molar refractivity (Wildman–Crippen MR) is 100 cm³/mol. The molecule has 4 aliphatic rings. The molecular formula is C22H29NO2. The van der Waals surface area contributed by atoms with Gasteiger partial charge in [0.05, 0.1) is 7.11 Å². The summed E-state index contributed by atoms with van der Waals surface area (Å²) in [7, 11) is 1.74. The minimum atomic E-state index is 0.246. The number of furan rings is 1. The molecular weight excluding hydrogens is 310 g/mol. The Morgan fingerprint density at radius 1 is 1.28 bits per heavy atom. The van der Waals surface area contributed by atoms with E-state index < -0.39 is 0 Å². The molecule has 0 spiro atoms. The van der Waals surface area contributed by atoms with E-state index in [4.69, 9.17) is 9.15 Å². The first-order valence-corrected chi connectivity index (χ1v) is 9.83. The summed E-state index contributed by atoms with van der Waals surface area (Å²) in [6.07, 6.45) is 4.99. The van der Waals surface area contributed by atoms with Gasteiger partial charge >= 0.3 is 0 Å². The van der Waals surface area contributed by atoms with Crippen molar-refractivity contribution in [1.82, 2.24) is 4.90 Å². The summed E-state index contributed by atoms with van der Waals surface area (Å²) >= 11 is 0. The van der Waals surface area contributed by atoms with Crippen LogP contribution in [0.15, 0.2) is 22.6 Å². The molecule has 3 nitrogen and oxygen atoms in total. The minimum absolute atomic E-state index is 0.246. The standard InChI is InChI=1S/C22H29NO2/c1-5-14-11-21(2)12-18-20-16(8-9-23(13-21)22(14,18)3)17-10-15(24-4)6-7-19(17)25-20/h6-7,10,14,18H,5,8-9,11-13H2,1-4H3. The van der Waals surface area contributed by atoms with E-state index in [0.717, 1.165) is 30.2 Å². The molecule has 5 atom stereocenters. The Bertz CT molecular complexity index is 840. The van der Waals surface area contributed by atoms with E-state index >= 15 is 0 Å². The third-order valence-corrected chi connectivity index (χ3v) is 7.69. The van der Waals surface area contributed by atoms with Crippen LogP contribution in [-0.4, -0.2) is 30.6 Å². The summed E-state index contributed by atoms with van der Waals surface area (Å²) in [4.78, 5) is 2.81. The number of benzene rings is 1. The van der Waals surface area contributed by atoms with Crippen molar-refractivity contribution in [3.05, 3.63) is 29.5 Å². The number of piperidine rings is 2.